The minimum absolute atomic E-state index is 0.183. The van der Waals surface area contributed by atoms with Gasteiger partial charge in [-0.3, -0.25) is 4.79 Å². The van der Waals surface area contributed by atoms with Crippen molar-refractivity contribution in [2.24, 2.45) is 0 Å². The Balaban J connectivity index is 1.63. The average molecular weight is 480 g/mol. The van der Waals surface area contributed by atoms with E-state index in [0.29, 0.717) is 16.6 Å². The third-order valence-corrected chi connectivity index (χ3v) is 6.58. The van der Waals surface area contributed by atoms with E-state index in [1.54, 1.807) is 0 Å². The van der Waals surface area contributed by atoms with Crippen LogP contribution in [-0.4, -0.2) is 24.5 Å². The maximum absolute atomic E-state index is 13.6. The third kappa shape index (κ3) is 3.46. The molecule has 0 aliphatic carbocycles. The van der Waals surface area contributed by atoms with Crippen LogP contribution in [0.4, 0.5) is 0 Å². The van der Waals surface area contributed by atoms with Crippen molar-refractivity contribution in [1.29, 1.82) is 0 Å². The van der Waals surface area contributed by atoms with Crippen molar-refractivity contribution in [3.63, 3.8) is 0 Å². The standard InChI is InChI=1S/C31H21N5O/c37-31-27-29(24-18-10-11-19-26(24)32-31)34-36(23-16-8-3-9-17-23)30(27)25-20-35(22-14-6-2-7-15-22)33-28(25)21-12-4-1-5-13-21/h1-20H,(H,32,37). The second-order valence-electron chi connectivity index (χ2n) is 8.86. The Morgan fingerprint density at radius 3 is 2.00 bits per heavy atom. The van der Waals surface area contributed by atoms with Crippen molar-refractivity contribution in [3.05, 3.63) is 132 Å². The Morgan fingerprint density at radius 1 is 0.649 bits per heavy atom. The summed E-state index contributed by atoms with van der Waals surface area (Å²) in [6.45, 7) is 0. The largest absolute Gasteiger partial charge is 0.321 e. The van der Waals surface area contributed by atoms with Crippen LogP contribution >= 0.6 is 0 Å². The molecular weight excluding hydrogens is 458 g/mol. The Labute approximate surface area is 212 Å². The summed E-state index contributed by atoms with van der Waals surface area (Å²) in [6, 6.07) is 37.7. The van der Waals surface area contributed by atoms with E-state index in [1.165, 1.54) is 0 Å². The fourth-order valence-electron chi connectivity index (χ4n) is 4.88. The second kappa shape index (κ2) is 8.46. The first-order valence-corrected chi connectivity index (χ1v) is 12.1. The molecule has 37 heavy (non-hydrogen) atoms. The number of nitrogens with zero attached hydrogens (tertiary/aromatic N) is 4. The quantitative estimate of drug-likeness (QED) is 0.318. The van der Waals surface area contributed by atoms with Gasteiger partial charge in [-0.05, 0) is 30.3 Å². The van der Waals surface area contributed by atoms with Gasteiger partial charge in [0.25, 0.3) is 5.56 Å². The van der Waals surface area contributed by atoms with Crippen LogP contribution in [-0.2, 0) is 0 Å². The Kier molecular flexibility index (Phi) is 4.82. The predicted molar refractivity (Wildman–Crippen MR) is 147 cm³/mol. The van der Waals surface area contributed by atoms with E-state index in [0.717, 1.165) is 39.1 Å². The number of H-pyrrole nitrogens is 1. The third-order valence-electron chi connectivity index (χ3n) is 6.58. The summed E-state index contributed by atoms with van der Waals surface area (Å²) >= 11 is 0. The van der Waals surface area contributed by atoms with Crippen LogP contribution in [0.5, 0.6) is 0 Å². The summed E-state index contributed by atoms with van der Waals surface area (Å²) in [6.07, 6.45) is 1.99. The topological polar surface area (TPSA) is 68.5 Å². The van der Waals surface area contributed by atoms with Gasteiger partial charge in [-0.1, -0.05) is 84.9 Å². The Morgan fingerprint density at radius 2 is 1.27 bits per heavy atom. The number of para-hydroxylation sites is 3. The SMILES string of the molecule is O=c1[nH]c2ccccc2c2nn(-c3ccccc3)c(-c3cn(-c4ccccc4)nc3-c3ccccc3)c12. The number of pyridine rings is 1. The highest BCUT2D eigenvalue weighted by Gasteiger charge is 2.25. The van der Waals surface area contributed by atoms with E-state index in [4.69, 9.17) is 10.2 Å². The van der Waals surface area contributed by atoms with Crippen LogP contribution in [0.1, 0.15) is 0 Å². The number of hydrogen-bond acceptors (Lipinski definition) is 3. The smallest absolute Gasteiger partial charge is 0.260 e. The molecule has 6 heteroatoms. The molecule has 0 radical (unpaired) electrons. The minimum atomic E-state index is -0.183. The summed E-state index contributed by atoms with van der Waals surface area (Å²) < 4.78 is 3.73. The maximum Gasteiger partial charge on any atom is 0.260 e. The van der Waals surface area contributed by atoms with Crippen molar-refractivity contribution < 1.29 is 0 Å². The first kappa shape index (κ1) is 21.1. The van der Waals surface area contributed by atoms with Gasteiger partial charge in [0.2, 0.25) is 0 Å². The average Bonchev–Trinajstić information content (AvgIpc) is 3.58. The molecule has 0 unspecified atom stereocenters. The molecule has 0 fully saturated rings. The fraction of sp³-hybridized carbons (Fsp3) is 0. The van der Waals surface area contributed by atoms with Crippen molar-refractivity contribution in [1.82, 2.24) is 24.5 Å². The number of fused-ring (bicyclic) bond motifs is 3. The molecule has 1 N–H and O–H groups in total. The lowest BCUT2D eigenvalue weighted by atomic mass is 10.0. The number of rotatable bonds is 4. The van der Waals surface area contributed by atoms with Gasteiger partial charge in [-0.2, -0.15) is 10.2 Å². The van der Waals surface area contributed by atoms with E-state index in [9.17, 15) is 4.79 Å². The van der Waals surface area contributed by atoms with Gasteiger partial charge >= 0.3 is 0 Å². The van der Waals surface area contributed by atoms with Crippen molar-refractivity contribution in [2.75, 3.05) is 0 Å². The van der Waals surface area contributed by atoms with Crippen LogP contribution < -0.4 is 5.56 Å². The Bertz CT molecular complexity index is 1930. The van der Waals surface area contributed by atoms with Gasteiger partial charge in [0.1, 0.15) is 11.2 Å². The summed E-state index contributed by atoms with van der Waals surface area (Å²) in [7, 11) is 0. The Hall–Kier alpha value is -5.23. The van der Waals surface area contributed by atoms with Gasteiger partial charge in [0.05, 0.1) is 28.0 Å². The number of benzene rings is 4. The molecule has 0 saturated carbocycles. The fourth-order valence-corrected chi connectivity index (χ4v) is 4.88. The summed E-state index contributed by atoms with van der Waals surface area (Å²) in [5.41, 5.74) is 6.28. The zero-order valence-electron chi connectivity index (χ0n) is 19.7. The van der Waals surface area contributed by atoms with Crippen molar-refractivity contribution in [2.45, 2.75) is 0 Å². The molecule has 3 aromatic heterocycles. The highest BCUT2D eigenvalue weighted by Crippen LogP contribution is 2.38. The van der Waals surface area contributed by atoms with E-state index in [1.807, 2.05) is 131 Å². The zero-order chi connectivity index (χ0) is 24.8. The highest BCUT2D eigenvalue weighted by atomic mass is 16.1. The van der Waals surface area contributed by atoms with Crippen molar-refractivity contribution >= 4 is 21.8 Å². The van der Waals surface area contributed by atoms with Gasteiger partial charge in [-0.25, -0.2) is 9.36 Å². The second-order valence-corrected chi connectivity index (χ2v) is 8.86. The molecule has 3 heterocycles. The lowest BCUT2D eigenvalue weighted by molar-refractivity contribution is 0.883. The first-order valence-electron chi connectivity index (χ1n) is 12.1. The van der Waals surface area contributed by atoms with Crippen molar-refractivity contribution in [3.8, 4) is 33.9 Å². The van der Waals surface area contributed by atoms with Crippen LogP contribution in [0.3, 0.4) is 0 Å². The van der Waals surface area contributed by atoms with Crippen LogP contribution in [0.25, 0.3) is 55.7 Å². The number of hydrogen-bond donors (Lipinski definition) is 1. The first-order chi connectivity index (χ1) is 18.3. The van der Waals surface area contributed by atoms with E-state index in [-0.39, 0.29) is 5.56 Å². The molecular formula is C31H21N5O. The highest BCUT2D eigenvalue weighted by molar-refractivity contribution is 6.09. The van der Waals surface area contributed by atoms with Gasteiger partial charge in [0.15, 0.2) is 0 Å². The predicted octanol–water partition coefficient (Wildman–Crippen LogP) is 6.39. The molecule has 0 amide bonds. The lowest BCUT2D eigenvalue weighted by Crippen LogP contribution is -2.07. The molecule has 7 rings (SSSR count). The summed E-state index contributed by atoms with van der Waals surface area (Å²) in [5.74, 6) is 0. The molecule has 0 saturated heterocycles. The maximum atomic E-state index is 13.6. The lowest BCUT2D eigenvalue weighted by Gasteiger charge is -2.08. The van der Waals surface area contributed by atoms with Gasteiger partial charge in [-0.15, -0.1) is 0 Å². The van der Waals surface area contributed by atoms with E-state index in [2.05, 4.69) is 4.98 Å². The van der Waals surface area contributed by atoms with Crippen LogP contribution in [0.2, 0.25) is 0 Å². The van der Waals surface area contributed by atoms with Gasteiger partial charge < -0.3 is 4.98 Å². The number of aromatic amines is 1. The monoisotopic (exact) mass is 479 g/mol. The normalized spacial score (nSPS) is 11.4. The zero-order valence-corrected chi connectivity index (χ0v) is 19.7. The molecule has 7 aromatic rings. The van der Waals surface area contributed by atoms with E-state index < -0.39 is 0 Å². The number of aromatic nitrogens is 5. The molecule has 0 spiro atoms. The van der Waals surface area contributed by atoms with Crippen LogP contribution in [0.15, 0.2) is 126 Å². The molecule has 0 aliphatic rings. The molecule has 4 aromatic carbocycles. The van der Waals surface area contributed by atoms with E-state index >= 15 is 0 Å². The molecule has 6 nitrogen and oxygen atoms in total. The van der Waals surface area contributed by atoms with Crippen LogP contribution in [0, 0.1) is 0 Å². The molecule has 0 aliphatic heterocycles. The molecule has 176 valence electrons. The molecule has 0 bridgehead atoms. The summed E-state index contributed by atoms with van der Waals surface area (Å²) in [5, 5.41) is 11.5. The molecule has 0 atom stereocenters. The minimum Gasteiger partial charge on any atom is -0.321 e. The summed E-state index contributed by atoms with van der Waals surface area (Å²) in [4.78, 5) is 16.7. The number of nitrogens with one attached hydrogen (secondary N) is 1. The van der Waals surface area contributed by atoms with Gasteiger partial charge in [0, 0.05) is 22.7 Å².